The largest absolute Gasteiger partial charge is 0.504 e. The molecule has 27 heavy (non-hydrogen) atoms. The number of rotatable bonds is 6. The standard InChI is InChI=1S/C19H19N3O5/c1-25-12-7-14-13(18(8-12)27-3)9-15(21-14)19(24)22-20-10-11-4-5-17(26-2)16(23)6-11/h4-10,21,23H,1-3H3,(H,22,24). The average molecular weight is 369 g/mol. The van der Waals surface area contributed by atoms with E-state index in [-0.39, 0.29) is 5.75 Å². The number of aromatic hydroxyl groups is 1. The van der Waals surface area contributed by atoms with Crippen LogP contribution in [0.25, 0.3) is 10.9 Å². The van der Waals surface area contributed by atoms with Crippen LogP contribution >= 0.6 is 0 Å². The summed E-state index contributed by atoms with van der Waals surface area (Å²) >= 11 is 0. The fourth-order valence-corrected chi connectivity index (χ4v) is 2.60. The number of ether oxygens (including phenoxy) is 3. The zero-order valence-electron chi connectivity index (χ0n) is 15.1. The lowest BCUT2D eigenvalue weighted by molar-refractivity contribution is 0.0951. The Labute approximate surface area is 155 Å². The van der Waals surface area contributed by atoms with Gasteiger partial charge in [0.15, 0.2) is 11.5 Å². The third-order valence-corrected chi connectivity index (χ3v) is 3.96. The van der Waals surface area contributed by atoms with Gasteiger partial charge >= 0.3 is 0 Å². The molecule has 140 valence electrons. The number of amides is 1. The van der Waals surface area contributed by atoms with E-state index in [0.717, 1.165) is 5.39 Å². The molecule has 3 aromatic rings. The molecular weight excluding hydrogens is 350 g/mol. The summed E-state index contributed by atoms with van der Waals surface area (Å²) < 4.78 is 15.5. The van der Waals surface area contributed by atoms with Crippen LogP contribution in [0.1, 0.15) is 16.1 Å². The first-order chi connectivity index (χ1) is 13.0. The Kier molecular flexibility index (Phi) is 5.16. The molecule has 0 unspecified atom stereocenters. The number of hydrogen-bond donors (Lipinski definition) is 3. The van der Waals surface area contributed by atoms with Crippen molar-refractivity contribution in [1.82, 2.24) is 10.4 Å². The van der Waals surface area contributed by atoms with Gasteiger partial charge in [0, 0.05) is 17.5 Å². The van der Waals surface area contributed by atoms with Crippen LogP contribution in [0.3, 0.4) is 0 Å². The lowest BCUT2D eigenvalue weighted by Crippen LogP contribution is -2.17. The van der Waals surface area contributed by atoms with E-state index in [4.69, 9.17) is 14.2 Å². The number of benzene rings is 2. The molecule has 0 bridgehead atoms. The zero-order valence-corrected chi connectivity index (χ0v) is 15.1. The van der Waals surface area contributed by atoms with Gasteiger partial charge in [0.25, 0.3) is 5.91 Å². The van der Waals surface area contributed by atoms with Crippen molar-refractivity contribution in [3.63, 3.8) is 0 Å². The molecule has 0 saturated heterocycles. The maximum atomic E-state index is 12.3. The SMILES string of the molecule is COc1cc(OC)c2cc(C(=O)NN=Cc3ccc(OC)c(O)c3)[nH]c2c1. The second-order valence-corrected chi connectivity index (χ2v) is 5.60. The van der Waals surface area contributed by atoms with Crippen molar-refractivity contribution < 1.29 is 24.1 Å². The van der Waals surface area contributed by atoms with Crippen LogP contribution < -0.4 is 19.6 Å². The van der Waals surface area contributed by atoms with E-state index in [9.17, 15) is 9.90 Å². The molecule has 3 rings (SSSR count). The first kappa shape index (κ1) is 18.1. The van der Waals surface area contributed by atoms with Crippen LogP contribution in [-0.2, 0) is 0 Å². The second-order valence-electron chi connectivity index (χ2n) is 5.60. The molecule has 1 amide bonds. The second kappa shape index (κ2) is 7.69. The van der Waals surface area contributed by atoms with Crippen molar-refractivity contribution in [2.45, 2.75) is 0 Å². The van der Waals surface area contributed by atoms with E-state index in [1.807, 2.05) is 0 Å². The van der Waals surface area contributed by atoms with Crippen LogP contribution in [-0.4, -0.2) is 43.5 Å². The molecule has 1 aromatic heterocycles. The van der Waals surface area contributed by atoms with Gasteiger partial charge in [0.2, 0.25) is 0 Å². The summed E-state index contributed by atoms with van der Waals surface area (Å²) in [6, 6.07) is 9.99. The highest BCUT2D eigenvalue weighted by atomic mass is 16.5. The lowest BCUT2D eigenvalue weighted by atomic mass is 10.2. The number of methoxy groups -OCH3 is 3. The van der Waals surface area contributed by atoms with E-state index in [0.29, 0.717) is 34.0 Å². The molecule has 0 aliphatic rings. The number of aromatic amines is 1. The van der Waals surface area contributed by atoms with Crippen LogP contribution in [0.5, 0.6) is 23.0 Å². The third kappa shape index (κ3) is 3.79. The highest BCUT2D eigenvalue weighted by Crippen LogP contribution is 2.31. The van der Waals surface area contributed by atoms with Gasteiger partial charge < -0.3 is 24.3 Å². The van der Waals surface area contributed by atoms with Crippen LogP contribution in [0.4, 0.5) is 0 Å². The highest BCUT2D eigenvalue weighted by molar-refractivity contribution is 6.00. The summed E-state index contributed by atoms with van der Waals surface area (Å²) in [4.78, 5) is 15.3. The van der Waals surface area contributed by atoms with Crippen LogP contribution in [0.15, 0.2) is 41.5 Å². The summed E-state index contributed by atoms with van der Waals surface area (Å²) in [5, 5.41) is 14.4. The summed E-state index contributed by atoms with van der Waals surface area (Å²) in [7, 11) is 4.58. The number of hydrogen-bond acceptors (Lipinski definition) is 6. The summed E-state index contributed by atoms with van der Waals surface area (Å²) in [5.41, 5.74) is 4.08. The number of H-pyrrole nitrogens is 1. The molecule has 8 nitrogen and oxygen atoms in total. The number of carbonyl (C=O) groups is 1. The number of nitrogens with zero attached hydrogens (tertiary/aromatic N) is 1. The summed E-state index contributed by atoms with van der Waals surface area (Å²) in [6.07, 6.45) is 1.42. The fourth-order valence-electron chi connectivity index (χ4n) is 2.60. The van der Waals surface area contributed by atoms with E-state index < -0.39 is 5.91 Å². The van der Waals surface area contributed by atoms with Crippen molar-refractivity contribution in [3.8, 4) is 23.0 Å². The minimum Gasteiger partial charge on any atom is -0.504 e. The van der Waals surface area contributed by atoms with Crippen LogP contribution in [0, 0.1) is 0 Å². The topological polar surface area (TPSA) is 105 Å². The van der Waals surface area contributed by atoms with E-state index >= 15 is 0 Å². The van der Waals surface area contributed by atoms with Crippen LogP contribution in [0.2, 0.25) is 0 Å². The average Bonchev–Trinajstić information content (AvgIpc) is 3.11. The van der Waals surface area contributed by atoms with Gasteiger partial charge in [0.1, 0.15) is 17.2 Å². The van der Waals surface area contributed by atoms with Crippen molar-refractivity contribution in [3.05, 3.63) is 47.7 Å². The monoisotopic (exact) mass is 369 g/mol. The van der Waals surface area contributed by atoms with Gasteiger partial charge in [-0.05, 0) is 29.8 Å². The molecule has 0 spiro atoms. The molecule has 8 heteroatoms. The van der Waals surface area contributed by atoms with Crippen molar-refractivity contribution >= 4 is 23.0 Å². The third-order valence-electron chi connectivity index (χ3n) is 3.96. The summed E-state index contributed by atoms with van der Waals surface area (Å²) in [5.74, 6) is 1.15. The Bertz CT molecular complexity index is 1010. The van der Waals surface area contributed by atoms with Crippen molar-refractivity contribution in [2.24, 2.45) is 5.10 Å². The van der Waals surface area contributed by atoms with Crippen molar-refractivity contribution in [1.29, 1.82) is 0 Å². The number of phenolic OH excluding ortho intramolecular Hbond substituents is 1. The van der Waals surface area contributed by atoms with Gasteiger partial charge in [-0.25, -0.2) is 5.43 Å². The predicted octanol–water partition coefficient (Wildman–Crippen LogP) is 2.66. The molecule has 0 aliphatic heterocycles. The molecule has 0 fully saturated rings. The van der Waals surface area contributed by atoms with E-state index in [1.165, 1.54) is 19.4 Å². The first-order valence-electron chi connectivity index (χ1n) is 8.01. The Morgan fingerprint density at radius 3 is 2.52 bits per heavy atom. The van der Waals surface area contributed by atoms with Gasteiger partial charge in [-0.2, -0.15) is 5.10 Å². The Morgan fingerprint density at radius 1 is 1.07 bits per heavy atom. The molecular formula is C19H19N3O5. The molecule has 0 atom stereocenters. The number of aromatic nitrogens is 1. The maximum Gasteiger partial charge on any atom is 0.287 e. The normalized spacial score (nSPS) is 10.9. The molecule has 1 heterocycles. The number of fused-ring (bicyclic) bond motifs is 1. The maximum absolute atomic E-state index is 12.3. The first-order valence-corrected chi connectivity index (χ1v) is 8.01. The molecule has 0 aliphatic carbocycles. The summed E-state index contributed by atoms with van der Waals surface area (Å²) in [6.45, 7) is 0. The number of hydrazone groups is 1. The Morgan fingerprint density at radius 2 is 1.85 bits per heavy atom. The molecule has 0 saturated carbocycles. The fraction of sp³-hybridized carbons (Fsp3) is 0.158. The van der Waals surface area contributed by atoms with Crippen molar-refractivity contribution in [2.75, 3.05) is 21.3 Å². The molecule has 2 aromatic carbocycles. The van der Waals surface area contributed by atoms with E-state index in [2.05, 4.69) is 15.5 Å². The highest BCUT2D eigenvalue weighted by Gasteiger charge is 2.13. The Balaban J connectivity index is 1.77. The molecule has 0 radical (unpaired) electrons. The van der Waals surface area contributed by atoms with Gasteiger partial charge in [-0.1, -0.05) is 0 Å². The lowest BCUT2D eigenvalue weighted by Gasteiger charge is -2.04. The minimum atomic E-state index is -0.416. The minimum absolute atomic E-state index is 0.00978. The number of phenols is 1. The number of carbonyl (C=O) groups excluding carboxylic acids is 1. The number of nitrogens with one attached hydrogen (secondary N) is 2. The zero-order chi connectivity index (χ0) is 19.4. The molecule has 3 N–H and O–H groups in total. The van der Waals surface area contributed by atoms with Gasteiger partial charge in [0.05, 0.1) is 33.1 Å². The predicted molar refractivity (Wildman–Crippen MR) is 101 cm³/mol. The van der Waals surface area contributed by atoms with Gasteiger partial charge in [-0.15, -0.1) is 0 Å². The van der Waals surface area contributed by atoms with E-state index in [1.54, 1.807) is 44.6 Å². The smallest absolute Gasteiger partial charge is 0.287 e. The Hall–Kier alpha value is -3.68. The van der Waals surface area contributed by atoms with Gasteiger partial charge in [-0.3, -0.25) is 4.79 Å². The quantitative estimate of drug-likeness (QED) is 0.458.